The number of aromatic nitrogens is 1. The van der Waals surface area contributed by atoms with E-state index in [4.69, 9.17) is 30.9 Å². The maximum Gasteiger partial charge on any atom is 0.224 e. The minimum Gasteiger partial charge on any atom is -0.482 e. The Morgan fingerprint density at radius 3 is 2.53 bits per heavy atom. The van der Waals surface area contributed by atoms with Gasteiger partial charge in [-0.15, -0.1) is 5.10 Å². The van der Waals surface area contributed by atoms with Gasteiger partial charge in [-0.25, -0.2) is 4.98 Å². The van der Waals surface area contributed by atoms with Crippen molar-refractivity contribution in [1.82, 2.24) is 4.98 Å². The summed E-state index contributed by atoms with van der Waals surface area (Å²) in [6.07, 6.45) is 7.85. The van der Waals surface area contributed by atoms with E-state index in [0.717, 1.165) is 36.6 Å². The Morgan fingerprint density at radius 2 is 1.91 bits per heavy atom. The number of fused-ring (bicyclic) bond motifs is 1. The third kappa shape index (κ3) is 3.76. The number of hydrogen-bond donors (Lipinski definition) is 1. The Balaban J connectivity index is 1.67. The number of methoxy groups -OCH3 is 1. The first-order valence-electron chi connectivity index (χ1n) is 11.2. The third-order valence-electron chi connectivity index (χ3n) is 7.55. The number of halogens is 1. The number of rotatable bonds is 4. The van der Waals surface area contributed by atoms with Gasteiger partial charge in [0.2, 0.25) is 5.90 Å². The van der Waals surface area contributed by atoms with Gasteiger partial charge in [0, 0.05) is 35.5 Å². The Bertz CT molecular complexity index is 1070. The summed E-state index contributed by atoms with van der Waals surface area (Å²) in [6.45, 7) is 11.5. The first-order chi connectivity index (χ1) is 15.0. The molecule has 4 rings (SSSR count). The van der Waals surface area contributed by atoms with Crippen LogP contribution >= 0.6 is 11.6 Å². The molecule has 0 radical (unpaired) electrons. The molecule has 1 atom stereocenters. The van der Waals surface area contributed by atoms with Gasteiger partial charge in [0.15, 0.2) is 24.9 Å². The lowest BCUT2D eigenvalue weighted by Gasteiger charge is -2.44. The van der Waals surface area contributed by atoms with Crippen molar-refractivity contribution in [3.05, 3.63) is 23.0 Å². The molecule has 2 aromatic rings. The van der Waals surface area contributed by atoms with E-state index in [1.165, 1.54) is 0 Å². The first kappa shape index (κ1) is 23.3. The monoisotopic (exact) mass is 476 g/mol. The van der Waals surface area contributed by atoms with Crippen molar-refractivity contribution in [1.29, 1.82) is 0 Å². The van der Waals surface area contributed by atoms with E-state index in [-0.39, 0.29) is 22.3 Å². The molecule has 1 saturated carbocycles. The summed E-state index contributed by atoms with van der Waals surface area (Å²) in [5, 5.41) is 9.89. The van der Waals surface area contributed by atoms with Crippen LogP contribution in [0.5, 0.6) is 0 Å². The van der Waals surface area contributed by atoms with Crippen LogP contribution in [0.3, 0.4) is 0 Å². The van der Waals surface area contributed by atoms with Gasteiger partial charge in [-0.05, 0) is 61.3 Å². The number of nitrogen functional groups attached to an aromatic ring is 1. The fraction of sp³-hybridized carbons (Fsp3) is 0.609. The molecule has 7 nitrogen and oxygen atoms in total. The van der Waals surface area contributed by atoms with Gasteiger partial charge in [0.1, 0.15) is 5.41 Å². The van der Waals surface area contributed by atoms with Crippen LogP contribution in [0.4, 0.5) is 5.82 Å². The zero-order chi connectivity index (χ0) is 23.3. The number of ether oxygens (including phenoxy) is 1. The molecule has 0 aromatic carbocycles. The van der Waals surface area contributed by atoms with Crippen LogP contribution in [0.2, 0.25) is 23.4 Å². The van der Waals surface area contributed by atoms with Crippen molar-refractivity contribution >= 4 is 48.8 Å². The molecule has 1 unspecified atom stereocenters. The highest BCUT2D eigenvalue weighted by molar-refractivity contribution is 6.74. The molecule has 2 aliphatic rings. The zero-order valence-electron chi connectivity index (χ0n) is 19.7. The summed E-state index contributed by atoms with van der Waals surface area (Å²) in [5.41, 5.74) is 6.82. The topological polar surface area (TPSA) is 95.2 Å². The summed E-state index contributed by atoms with van der Waals surface area (Å²) in [5.74, 6) is 1.11. The summed E-state index contributed by atoms with van der Waals surface area (Å²) in [7, 11) is -0.177. The molecular formula is C23H33ClN4O3Si. The summed E-state index contributed by atoms with van der Waals surface area (Å²) >= 11 is 6.19. The molecular weight excluding hydrogens is 444 g/mol. The van der Waals surface area contributed by atoms with Gasteiger partial charge in [0.25, 0.3) is 0 Å². The van der Waals surface area contributed by atoms with Gasteiger partial charge in [-0.2, -0.15) is 5.10 Å². The van der Waals surface area contributed by atoms with Crippen molar-refractivity contribution in [2.45, 2.75) is 76.1 Å². The van der Waals surface area contributed by atoms with E-state index < -0.39 is 13.7 Å². The van der Waals surface area contributed by atoms with Gasteiger partial charge < -0.3 is 19.3 Å². The van der Waals surface area contributed by atoms with E-state index in [9.17, 15) is 0 Å². The quantitative estimate of drug-likeness (QED) is 0.552. The molecule has 174 valence electrons. The minimum atomic E-state index is -1.81. The second-order valence-electron chi connectivity index (χ2n) is 10.4. The van der Waals surface area contributed by atoms with Crippen molar-refractivity contribution in [3.63, 3.8) is 0 Å². The molecule has 1 aliphatic carbocycles. The third-order valence-corrected chi connectivity index (χ3v) is 12.3. The van der Waals surface area contributed by atoms with Gasteiger partial charge in [-0.1, -0.05) is 20.8 Å². The number of nitrogens with two attached hydrogens (primary N) is 1. The Morgan fingerprint density at radius 1 is 1.22 bits per heavy atom. The lowest BCUT2D eigenvalue weighted by molar-refractivity contribution is 0.107. The Kier molecular flexibility index (Phi) is 5.92. The fourth-order valence-corrected chi connectivity index (χ4v) is 6.39. The molecule has 3 heterocycles. The van der Waals surface area contributed by atoms with Crippen LogP contribution in [-0.2, 0) is 14.6 Å². The molecule has 9 heteroatoms. The molecule has 32 heavy (non-hydrogen) atoms. The Labute approximate surface area is 195 Å². The first-order valence-corrected chi connectivity index (χ1v) is 14.5. The molecule has 1 fully saturated rings. The van der Waals surface area contributed by atoms with Gasteiger partial charge in [-0.3, -0.25) is 0 Å². The van der Waals surface area contributed by atoms with E-state index in [1.807, 2.05) is 6.21 Å². The minimum absolute atomic E-state index is 0.195. The van der Waals surface area contributed by atoms with Crippen LogP contribution in [0.25, 0.3) is 11.0 Å². The predicted molar refractivity (Wildman–Crippen MR) is 132 cm³/mol. The highest BCUT2D eigenvalue weighted by atomic mass is 35.5. The normalized spacial score (nSPS) is 26.5. The standard InChI is InChI=1S/C23H33ClN4O3Si/c1-22(2,3)32(5,6)31-15-9-7-14(8-10-15)23(13-27-28-21(23)29-4)17-12-26-20(25)19-16(17)11-18(24)30-19/h11-15H,7-10H2,1-6H3,(H2,25,26). The predicted octanol–water partition coefficient (Wildman–Crippen LogP) is 5.93. The van der Waals surface area contributed by atoms with Crippen LogP contribution in [0, 0.1) is 5.92 Å². The molecule has 2 aromatic heterocycles. The number of pyridine rings is 1. The molecule has 0 bridgehead atoms. The van der Waals surface area contributed by atoms with Crippen LogP contribution in [-0.4, -0.2) is 38.6 Å². The van der Waals surface area contributed by atoms with E-state index in [0.29, 0.717) is 17.3 Å². The van der Waals surface area contributed by atoms with Crippen LogP contribution in [0.1, 0.15) is 52.0 Å². The highest BCUT2D eigenvalue weighted by Crippen LogP contribution is 2.48. The van der Waals surface area contributed by atoms with Crippen LogP contribution < -0.4 is 5.73 Å². The smallest absolute Gasteiger partial charge is 0.224 e. The number of furan rings is 1. The highest BCUT2D eigenvalue weighted by Gasteiger charge is 2.51. The Hall–Kier alpha value is -1.90. The average molecular weight is 477 g/mol. The molecule has 1 aliphatic heterocycles. The van der Waals surface area contributed by atoms with E-state index in [2.05, 4.69) is 49.1 Å². The molecule has 0 saturated heterocycles. The van der Waals surface area contributed by atoms with Gasteiger partial charge in [0.05, 0.1) is 7.11 Å². The van der Waals surface area contributed by atoms with Crippen LogP contribution in [0.15, 0.2) is 26.9 Å². The SMILES string of the molecule is COC1=NN=CC1(c1cnc(N)c2oc(Cl)cc12)C1CCC(O[Si](C)(C)C(C)(C)C)CC1. The lowest BCUT2D eigenvalue weighted by atomic mass is 9.65. The van der Waals surface area contributed by atoms with E-state index >= 15 is 0 Å². The fourth-order valence-electron chi connectivity index (χ4n) is 4.78. The summed E-state index contributed by atoms with van der Waals surface area (Å²) in [4.78, 5) is 4.40. The summed E-state index contributed by atoms with van der Waals surface area (Å²) < 4.78 is 18.1. The molecule has 2 N–H and O–H groups in total. The second kappa shape index (κ2) is 8.15. The molecule has 0 amide bonds. The van der Waals surface area contributed by atoms with Crippen molar-refractivity contribution in [2.75, 3.05) is 12.8 Å². The second-order valence-corrected chi connectivity index (χ2v) is 15.6. The van der Waals surface area contributed by atoms with Crippen molar-refractivity contribution in [2.24, 2.45) is 16.1 Å². The van der Waals surface area contributed by atoms with Crippen molar-refractivity contribution < 1.29 is 13.6 Å². The largest absolute Gasteiger partial charge is 0.482 e. The lowest BCUT2D eigenvalue weighted by Crippen LogP contribution is -2.48. The summed E-state index contributed by atoms with van der Waals surface area (Å²) in [6, 6.07) is 1.79. The maximum atomic E-state index is 6.72. The number of hydrogen-bond acceptors (Lipinski definition) is 7. The van der Waals surface area contributed by atoms with Gasteiger partial charge >= 0.3 is 0 Å². The number of nitrogens with zero attached hydrogens (tertiary/aromatic N) is 3. The molecule has 0 spiro atoms. The average Bonchev–Trinajstić information content (AvgIpc) is 3.32. The van der Waals surface area contributed by atoms with E-state index in [1.54, 1.807) is 19.4 Å². The van der Waals surface area contributed by atoms with Crippen molar-refractivity contribution in [3.8, 4) is 0 Å². The maximum absolute atomic E-state index is 6.72. The number of anilines is 1. The zero-order valence-corrected chi connectivity index (χ0v) is 21.5.